The fourth-order valence-electron chi connectivity index (χ4n) is 8.70. The van der Waals surface area contributed by atoms with Gasteiger partial charge in [-0.15, -0.1) is 0 Å². The summed E-state index contributed by atoms with van der Waals surface area (Å²) >= 11 is 0. The lowest BCUT2D eigenvalue weighted by molar-refractivity contribution is -0.0319. The third kappa shape index (κ3) is 2.54. The van der Waals surface area contributed by atoms with Crippen LogP contribution >= 0.6 is 0 Å². The predicted molar refractivity (Wildman–Crippen MR) is 127 cm³/mol. The zero-order chi connectivity index (χ0) is 20.8. The summed E-state index contributed by atoms with van der Waals surface area (Å²) in [7, 11) is 0. The average molecular weight is 413 g/mol. The zero-order valence-electron chi connectivity index (χ0n) is 19.1. The van der Waals surface area contributed by atoms with Gasteiger partial charge in [0.05, 0.1) is 23.4 Å². The summed E-state index contributed by atoms with van der Waals surface area (Å²) in [5.41, 5.74) is 5.07. The highest BCUT2D eigenvalue weighted by atomic mass is 15.1. The van der Waals surface area contributed by atoms with Gasteiger partial charge in [-0.1, -0.05) is 49.8 Å². The van der Waals surface area contributed by atoms with Gasteiger partial charge in [0.25, 0.3) is 0 Å². The Bertz CT molecular complexity index is 1090. The summed E-state index contributed by atoms with van der Waals surface area (Å²) in [6.45, 7) is 5.24. The molecule has 7 rings (SSSR count). The van der Waals surface area contributed by atoms with E-state index in [1.54, 1.807) is 0 Å². The molecule has 162 valence electrons. The number of fused-ring (bicyclic) bond motifs is 6. The third-order valence-electron chi connectivity index (χ3n) is 10.7. The first-order valence-electron chi connectivity index (χ1n) is 12.9. The highest BCUT2D eigenvalue weighted by Crippen LogP contribution is 2.66. The summed E-state index contributed by atoms with van der Waals surface area (Å²) in [6.07, 6.45) is 21.4. The summed E-state index contributed by atoms with van der Waals surface area (Å²) in [5, 5.41) is 0. The number of imidazole rings is 1. The Morgan fingerprint density at radius 3 is 2.71 bits per heavy atom. The van der Waals surface area contributed by atoms with Crippen molar-refractivity contribution < 1.29 is 0 Å². The van der Waals surface area contributed by atoms with Crippen LogP contribution in [0.4, 0.5) is 0 Å². The Labute approximate surface area is 186 Å². The van der Waals surface area contributed by atoms with Crippen LogP contribution in [-0.4, -0.2) is 9.55 Å². The average Bonchev–Trinajstić information content (AvgIpc) is 3.45. The van der Waals surface area contributed by atoms with Gasteiger partial charge in [-0.05, 0) is 104 Å². The highest BCUT2D eigenvalue weighted by Gasteiger charge is 2.58. The van der Waals surface area contributed by atoms with E-state index >= 15 is 0 Å². The SMILES string of the molecule is C[C@]12CCC3C(CC=C4CC(C5CC5)CC[C@@]43C)C1C=CC2n1cnc2ccccc21. The monoisotopic (exact) mass is 412 g/mol. The van der Waals surface area contributed by atoms with Gasteiger partial charge in [0.1, 0.15) is 0 Å². The van der Waals surface area contributed by atoms with Crippen molar-refractivity contribution >= 4 is 11.0 Å². The Balaban J connectivity index is 1.21. The van der Waals surface area contributed by atoms with Crippen molar-refractivity contribution in [2.24, 2.45) is 40.4 Å². The summed E-state index contributed by atoms with van der Waals surface area (Å²) in [6, 6.07) is 9.09. The van der Waals surface area contributed by atoms with Gasteiger partial charge in [0.15, 0.2) is 0 Å². The van der Waals surface area contributed by atoms with Crippen LogP contribution < -0.4 is 0 Å². The minimum absolute atomic E-state index is 0.317. The number of nitrogens with zero attached hydrogens (tertiary/aromatic N) is 2. The number of hydrogen-bond acceptors (Lipinski definition) is 1. The van der Waals surface area contributed by atoms with Gasteiger partial charge in [-0.3, -0.25) is 0 Å². The van der Waals surface area contributed by atoms with E-state index in [-0.39, 0.29) is 0 Å². The molecule has 3 fully saturated rings. The molecule has 1 aromatic carbocycles. The topological polar surface area (TPSA) is 17.8 Å². The van der Waals surface area contributed by atoms with Crippen molar-refractivity contribution in [3.8, 4) is 0 Å². The largest absolute Gasteiger partial charge is 0.323 e. The molecule has 1 aromatic heterocycles. The van der Waals surface area contributed by atoms with Gasteiger partial charge in [-0.25, -0.2) is 4.98 Å². The summed E-state index contributed by atoms with van der Waals surface area (Å²) < 4.78 is 2.47. The molecular weight excluding hydrogens is 376 g/mol. The molecule has 5 aliphatic rings. The van der Waals surface area contributed by atoms with Crippen molar-refractivity contribution in [3.63, 3.8) is 0 Å². The maximum atomic E-state index is 4.72. The molecule has 7 atom stereocenters. The molecule has 0 spiro atoms. The van der Waals surface area contributed by atoms with Crippen molar-refractivity contribution in [2.75, 3.05) is 0 Å². The molecule has 0 radical (unpaired) electrons. The third-order valence-corrected chi connectivity index (χ3v) is 10.7. The second-order valence-electron chi connectivity index (χ2n) is 12.0. The number of hydrogen-bond donors (Lipinski definition) is 0. The van der Waals surface area contributed by atoms with Crippen LogP contribution in [0.3, 0.4) is 0 Å². The maximum absolute atomic E-state index is 4.72. The number of benzene rings is 1. The van der Waals surface area contributed by atoms with Crippen molar-refractivity contribution in [2.45, 2.75) is 71.3 Å². The van der Waals surface area contributed by atoms with Crippen LogP contribution in [0.15, 0.2) is 54.4 Å². The lowest BCUT2D eigenvalue weighted by Crippen LogP contribution is -2.50. The molecule has 1 heterocycles. The fourth-order valence-corrected chi connectivity index (χ4v) is 8.70. The number of allylic oxidation sites excluding steroid dienone is 4. The Kier molecular flexibility index (Phi) is 3.84. The Hall–Kier alpha value is -1.83. The molecule has 0 bridgehead atoms. The molecule has 0 aliphatic heterocycles. The van der Waals surface area contributed by atoms with Crippen LogP contribution in [0.1, 0.15) is 71.3 Å². The second-order valence-corrected chi connectivity index (χ2v) is 12.0. The van der Waals surface area contributed by atoms with Gasteiger partial charge in [-0.2, -0.15) is 0 Å². The van der Waals surface area contributed by atoms with Crippen molar-refractivity contribution in [3.05, 3.63) is 54.4 Å². The molecule has 0 saturated heterocycles. The normalized spacial score (nSPS) is 43.9. The van der Waals surface area contributed by atoms with Crippen LogP contribution in [0.25, 0.3) is 11.0 Å². The van der Waals surface area contributed by atoms with E-state index in [2.05, 4.69) is 67.2 Å². The fraction of sp³-hybridized carbons (Fsp3) is 0.621. The van der Waals surface area contributed by atoms with Gasteiger partial charge >= 0.3 is 0 Å². The minimum Gasteiger partial charge on any atom is -0.323 e. The smallest absolute Gasteiger partial charge is 0.0964 e. The van der Waals surface area contributed by atoms with E-state index in [9.17, 15) is 0 Å². The first-order chi connectivity index (χ1) is 15.1. The quantitative estimate of drug-likeness (QED) is 0.472. The molecular formula is C29H36N2. The molecule has 31 heavy (non-hydrogen) atoms. The zero-order valence-corrected chi connectivity index (χ0v) is 19.1. The van der Waals surface area contributed by atoms with E-state index in [1.807, 2.05) is 5.57 Å². The van der Waals surface area contributed by atoms with E-state index in [0.29, 0.717) is 22.8 Å². The number of para-hydroxylation sites is 2. The van der Waals surface area contributed by atoms with Crippen molar-refractivity contribution in [1.29, 1.82) is 0 Å². The van der Waals surface area contributed by atoms with E-state index < -0.39 is 0 Å². The number of rotatable bonds is 2. The molecule has 0 amide bonds. The maximum Gasteiger partial charge on any atom is 0.0964 e. The van der Waals surface area contributed by atoms with Gasteiger partial charge < -0.3 is 4.57 Å². The molecule has 5 unspecified atom stereocenters. The van der Waals surface area contributed by atoms with Crippen LogP contribution in [0, 0.1) is 40.4 Å². The summed E-state index contributed by atoms with van der Waals surface area (Å²) in [4.78, 5) is 4.72. The lowest BCUT2D eigenvalue weighted by atomic mass is 9.47. The molecule has 2 nitrogen and oxygen atoms in total. The molecule has 5 aliphatic carbocycles. The van der Waals surface area contributed by atoms with Crippen molar-refractivity contribution in [1.82, 2.24) is 9.55 Å². The van der Waals surface area contributed by atoms with Gasteiger partial charge in [0, 0.05) is 0 Å². The first-order valence-corrected chi connectivity index (χ1v) is 12.9. The van der Waals surface area contributed by atoms with Crippen LogP contribution in [0.2, 0.25) is 0 Å². The van der Waals surface area contributed by atoms with Gasteiger partial charge in [0.2, 0.25) is 0 Å². The molecule has 2 heteroatoms. The molecule has 0 N–H and O–H groups in total. The Morgan fingerprint density at radius 2 is 1.84 bits per heavy atom. The van der Waals surface area contributed by atoms with Crippen LogP contribution in [-0.2, 0) is 0 Å². The molecule has 2 aromatic rings. The highest BCUT2D eigenvalue weighted by molar-refractivity contribution is 5.75. The predicted octanol–water partition coefficient (Wildman–Crippen LogP) is 7.34. The summed E-state index contributed by atoms with van der Waals surface area (Å²) in [5.74, 6) is 4.49. The van der Waals surface area contributed by atoms with Crippen LogP contribution in [0.5, 0.6) is 0 Å². The number of aromatic nitrogens is 2. The lowest BCUT2D eigenvalue weighted by Gasteiger charge is -2.58. The minimum atomic E-state index is 0.317. The second kappa shape index (κ2) is 6.36. The van der Waals surface area contributed by atoms with E-state index in [0.717, 1.165) is 29.2 Å². The first kappa shape index (κ1) is 18.7. The molecule has 3 saturated carbocycles. The standard InChI is InChI=1S/C29H36N2/c1-28-15-13-20(19-7-8-19)17-21(28)9-10-22-23-11-12-27(29(23,2)16-14-24(22)28)31-18-30-25-5-3-4-6-26(25)31/h3-6,9,11-12,18-20,22-24,27H,7-8,10,13-17H2,1-2H3/t20?,22?,23?,24?,27?,28-,29-/m0/s1. The van der Waals surface area contributed by atoms with E-state index in [4.69, 9.17) is 4.98 Å². The Morgan fingerprint density at radius 1 is 0.968 bits per heavy atom. The van der Waals surface area contributed by atoms with E-state index in [1.165, 1.54) is 56.9 Å².